The normalized spacial score (nSPS) is 12.6. The molecule has 0 aliphatic heterocycles. The van der Waals surface area contributed by atoms with Crippen LogP contribution in [0.25, 0.3) is 10.1 Å². The van der Waals surface area contributed by atoms with E-state index in [0.29, 0.717) is 0 Å². The smallest absolute Gasteiger partial charge is 0.261 e. The Morgan fingerprint density at radius 2 is 2.18 bits per heavy atom. The molecule has 0 aliphatic carbocycles. The van der Waals surface area contributed by atoms with E-state index in [1.165, 1.54) is 4.70 Å². The minimum atomic E-state index is 0.0483. The molecule has 0 radical (unpaired) electrons. The van der Waals surface area contributed by atoms with Crippen LogP contribution in [0.2, 0.25) is 0 Å². The van der Waals surface area contributed by atoms with Crippen molar-refractivity contribution in [2.24, 2.45) is 0 Å². The Kier molecular flexibility index (Phi) is 3.79. The summed E-state index contributed by atoms with van der Waals surface area (Å²) in [5.74, 6) is 0.0483. The average molecular weight is 247 g/mol. The molecule has 1 aromatic heterocycles. The van der Waals surface area contributed by atoms with Crippen LogP contribution < -0.4 is 5.32 Å². The van der Waals surface area contributed by atoms with E-state index >= 15 is 0 Å². The van der Waals surface area contributed by atoms with Gasteiger partial charge in [0.25, 0.3) is 5.91 Å². The van der Waals surface area contributed by atoms with E-state index in [2.05, 4.69) is 19.2 Å². The van der Waals surface area contributed by atoms with Crippen molar-refractivity contribution in [2.45, 2.75) is 32.7 Å². The summed E-state index contributed by atoms with van der Waals surface area (Å²) >= 11 is 1.55. The van der Waals surface area contributed by atoms with Crippen molar-refractivity contribution >= 4 is 27.3 Å². The molecule has 0 fully saturated rings. The Morgan fingerprint density at radius 3 is 2.88 bits per heavy atom. The van der Waals surface area contributed by atoms with Crippen molar-refractivity contribution < 1.29 is 4.79 Å². The quantitative estimate of drug-likeness (QED) is 0.874. The van der Waals surface area contributed by atoms with E-state index in [0.717, 1.165) is 23.1 Å². The largest absolute Gasteiger partial charge is 0.349 e. The topological polar surface area (TPSA) is 29.1 Å². The number of benzene rings is 1. The van der Waals surface area contributed by atoms with E-state index in [9.17, 15) is 4.79 Å². The summed E-state index contributed by atoms with van der Waals surface area (Å²) in [6.45, 7) is 4.18. The number of carbonyl (C=O) groups excluding carboxylic acids is 1. The van der Waals surface area contributed by atoms with Crippen molar-refractivity contribution in [1.82, 2.24) is 5.32 Å². The molecule has 3 heteroatoms. The molecule has 1 N–H and O–H groups in total. The lowest BCUT2D eigenvalue weighted by molar-refractivity contribution is 0.0942. The van der Waals surface area contributed by atoms with Crippen molar-refractivity contribution in [3.63, 3.8) is 0 Å². The van der Waals surface area contributed by atoms with E-state index in [1.807, 2.05) is 30.3 Å². The number of carbonyl (C=O) groups is 1. The van der Waals surface area contributed by atoms with Gasteiger partial charge in [0, 0.05) is 10.7 Å². The van der Waals surface area contributed by atoms with E-state index in [4.69, 9.17) is 0 Å². The Balaban J connectivity index is 2.13. The van der Waals surface area contributed by atoms with Crippen molar-refractivity contribution in [2.75, 3.05) is 0 Å². The van der Waals surface area contributed by atoms with Gasteiger partial charge in [-0.1, -0.05) is 31.5 Å². The third-order valence-electron chi connectivity index (χ3n) is 2.75. The summed E-state index contributed by atoms with van der Waals surface area (Å²) in [6.07, 6.45) is 2.12. The van der Waals surface area contributed by atoms with Gasteiger partial charge in [0.2, 0.25) is 0 Å². The SMILES string of the molecule is CCCC(C)NC(=O)c1cc2ccccc2s1. The van der Waals surface area contributed by atoms with Gasteiger partial charge in [-0.05, 0) is 30.9 Å². The molecule has 1 heterocycles. The number of rotatable bonds is 4. The number of hydrogen-bond donors (Lipinski definition) is 1. The Morgan fingerprint density at radius 1 is 1.41 bits per heavy atom. The molecular formula is C14H17NOS. The van der Waals surface area contributed by atoms with E-state index < -0.39 is 0 Å². The zero-order valence-corrected chi connectivity index (χ0v) is 11.0. The summed E-state index contributed by atoms with van der Waals surface area (Å²) in [6, 6.07) is 10.3. The number of hydrogen-bond acceptors (Lipinski definition) is 2. The number of fused-ring (bicyclic) bond motifs is 1. The third-order valence-corrected chi connectivity index (χ3v) is 3.86. The molecule has 1 aromatic carbocycles. The maximum absolute atomic E-state index is 12.0. The first-order valence-corrected chi connectivity index (χ1v) is 6.81. The highest BCUT2D eigenvalue weighted by Crippen LogP contribution is 2.25. The predicted molar refractivity (Wildman–Crippen MR) is 73.7 cm³/mol. The number of amides is 1. The van der Waals surface area contributed by atoms with Crippen LogP contribution in [0.5, 0.6) is 0 Å². The molecule has 90 valence electrons. The van der Waals surface area contributed by atoms with Crippen LogP contribution in [0.15, 0.2) is 30.3 Å². The minimum Gasteiger partial charge on any atom is -0.349 e. The maximum atomic E-state index is 12.0. The second kappa shape index (κ2) is 5.32. The molecule has 0 saturated carbocycles. The van der Waals surface area contributed by atoms with E-state index in [-0.39, 0.29) is 11.9 Å². The maximum Gasteiger partial charge on any atom is 0.261 e. The summed E-state index contributed by atoms with van der Waals surface area (Å²) in [5.41, 5.74) is 0. The van der Waals surface area contributed by atoms with Gasteiger partial charge in [0.1, 0.15) is 0 Å². The molecule has 0 aliphatic rings. The molecule has 2 nitrogen and oxygen atoms in total. The first-order valence-electron chi connectivity index (χ1n) is 6.00. The summed E-state index contributed by atoms with van der Waals surface area (Å²) in [4.78, 5) is 12.8. The Hall–Kier alpha value is -1.35. The fourth-order valence-electron chi connectivity index (χ4n) is 1.89. The number of nitrogens with one attached hydrogen (secondary N) is 1. The van der Waals surface area contributed by atoms with Crippen LogP contribution in [0.3, 0.4) is 0 Å². The van der Waals surface area contributed by atoms with Gasteiger partial charge >= 0.3 is 0 Å². The molecule has 1 amide bonds. The van der Waals surface area contributed by atoms with Crippen LogP contribution in [0, 0.1) is 0 Å². The van der Waals surface area contributed by atoms with Crippen molar-refractivity contribution in [1.29, 1.82) is 0 Å². The monoisotopic (exact) mass is 247 g/mol. The standard InChI is InChI=1S/C14H17NOS/c1-3-6-10(2)15-14(16)13-9-11-7-4-5-8-12(11)17-13/h4-5,7-10H,3,6H2,1-2H3,(H,15,16). The van der Waals surface area contributed by atoms with Gasteiger partial charge in [-0.25, -0.2) is 0 Å². The highest BCUT2D eigenvalue weighted by Gasteiger charge is 2.12. The van der Waals surface area contributed by atoms with Gasteiger partial charge in [-0.2, -0.15) is 0 Å². The zero-order chi connectivity index (χ0) is 12.3. The lowest BCUT2D eigenvalue weighted by Crippen LogP contribution is -2.31. The molecule has 17 heavy (non-hydrogen) atoms. The van der Waals surface area contributed by atoms with Crippen LogP contribution >= 0.6 is 11.3 Å². The highest BCUT2D eigenvalue weighted by atomic mass is 32.1. The van der Waals surface area contributed by atoms with Crippen molar-refractivity contribution in [3.8, 4) is 0 Å². The summed E-state index contributed by atoms with van der Waals surface area (Å²) in [7, 11) is 0. The fraction of sp³-hybridized carbons (Fsp3) is 0.357. The lowest BCUT2D eigenvalue weighted by Gasteiger charge is -2.11. The van der Waals surface area contributed by atoms with Gasteiger partial charge in [0.05, 0.1) is 4.88 Å². The predicted octanol–water partition coefficient (Wildman–Crippen LogP) is 3.82. The average Bonchev–Trinajstić information content (AvgIpc) is 2.72. The third kappa shape index (κ3) is 2.86. The molecule has 0 bridgehead atoms. The van der Waals surface area contributed by atoms with Gasteiger partial charge < -0.3 is 5.32 Å². The van der Waals surface area contributed by atoms with Crippen LogP contribution in [0.4, 0.5) is 0 Å². The van der Waals surface area contributed by atoms with Crippen molar-refractivity contribution in [3.05, 3.63) is 35.2 Å². The molecule has 2 rings (SSSR count). The molecular weight excluding hydrogens is 230 g/mol. The minimum absolute atomic E-state index is 0.0483. The van der Waals surface area contributed by atoms with Gasteiger partial charge in [0.15, 0.2) is 0 Å². The Bertz CT molecular complexity index is 485. The van der Waals surface area contributed by atoms with Gasteiger partial charge in [-0.3, -0.25) is 4.79 Å². The second-order valence-corrected chi connectivity index (χ2v) is 5.40. The van der Waals surface area contributed by atoms with Crippen LogP contribution in [-0.4, -0.2) is 11.9 Å². The Labute approximate surface area is 106 Å². The highest BCUT2D eigenvalue weighted by molar-refractivity contribution is 7.20. The first kappa shape index (κ1) is 12.1. The van der Waals surface area contributed by atoms with Gasteiger partial charge in [-0.15, -0.1) is 11.3 Å². The zero-order valence-electron chi connectivity index (χ0n) is 10.2. The fourth-order valence-corrected chi connectivity index (χ4v) is 2.86. The van der Waals surface area contributed by atoms with E-state index in [1.54, 1.807) is 11.3 Å². The molecule has 0 spiro atoms. The molecule has 1 atom stereocenters. The first-order chi connectivity index (χ1) is 8.20. The molecule has 1 unspecified atom stereocenters. The summed E-state index contributed by atoms with van der Waals surface area (Å²) < 4.78 is 1.17. The summed E-state index contributed by atoms with van der Waals surface area (Å²) in [5, 5.41) is 4.17. The molecule has 2 aromatic rings. The number of thiophene rings is 1. The molecule has 0 saturated heterocycles. The van der Waals surface area contributed by atoms with Crippen LogP contribution in [-0.2, 0) is 0 Å². The lowest BCUT2D eigenvalue weighted by atomic mass is 10.2. The second-order valence-electron chi connectivity index (χ2n) is 4.31. The van der Waals surface area contributed by atoms with Crippen LogP contribution in [0.1, 0.15) is 36.4 Å².